The maximum atomic E-state index is 13.4. The van der Waals surface area contributed by atoms with Crippen molar-refractivity contribution in [2.75, 3.05) is 13.1 Å². The topological polar surface area (TPSA) is 40.5 Å². The van der Waals surface area contributed by atoms with Crippen LogP contribution >= 0.6 is 0 Å². The molecule has 0 aromatic heterocycles. The molecule has 1 aliphatic rings. The highest BCUT2D eigenvalue weighted by Crippen LogP contribution is 2.28. The molecule has 1 fully saturated rings. The van der Waals surface area contributed by atoms with E-state index in [1.807, 2.05) is 0 Å². The van der Waals surface area contributed by atoms with Crippen molar-refractivity contribution in [3.8, 4) is 0 Å². The fraction of sp³-hybridized carbons (Fsp3) is 0.562. The standard InChI is InChI=1S/C16H22FNO2/c1-12-10-13(6-7-14(12)17)15(11-16(19)20)18-8-4-2-3-5-9-18/h6-7,10,15H,2-5,8-9,11H2,1H3,(H,19,20). The summed E-state index contributed by atoms with van der Waals surface area (Å²) in [6.07, 6.45) is 4.70. The van der Waals surface area contributed by atoms with Crippen molar-refractivity contribution in [3.63, 3.8) is 0 Å². The highest BCUT2D eigenvalue weighted by molar-refractivity contribution is 5.68. The molecule has 1 N–H and O–H groups in total. The van der Waals surface area contributed by atoms with E-state index in [-0.39, 0.29) is 18.3 Å². The summed E-state index contributed by atoms with van der Waals surface area (Å²) in [6, 6.07) is 4.80. The number of likely N-dealkylation sites (tertiary alicyclic amines) is 1. The highest BCUT2D eigenvalue weighted by Gasteiger charge is 2.24. The van der Waals surface area contributed by atoms with E-state index in [1.165, 1.54) is 18.9 Å². The summed E-state index contributed by atoms with van der Waals surface area (Å²) in [6.45, 7) is 3.57. The van der Waals surface area contributed by atoms with Crippen LogP contribution in [0.25, 0.3) is 0 Å². The molecule has 0 radical (unpaired) electrons. The molecule has 1 unspecified atom stereocenters. The third-order valence-corrected chi connectivity index (χ3v) is 4.02. The van der Waals surface area contributed by atoms with E-state index in [1.54, 1.807) is 19.1 Å². The Morgan fingerprint density at radius 2 is 1.95 bits per heavy atom. The molecule has 1 aromatic rings. The lowest BCUT2D eigenvalue weighted by molar-refractivity contribution is -0.138. The average molecular weight is 279 g/mol. The Balaban J connectivity index is 2.25. The predicted molar refractivity (Wildman–Crippen MR) is 76.2 cm³/mol. The van der Waals surface area contributed by atoms with Gasteiger partial charge in [-0.15, -0.1) is 0 Å². The quantitative estimate of drug-likeness (QED) is 0.916. The molecule has 0 saturated carbocycles. The normalized spacial score (nSPS) is 18.5. The molecule has 0 spiro atoms. The molecule has 0 aliphatic carbocycles. The Hall–Kier alpha value is -1.42. The van der Waals surface area contributed by atoms with Gasteiger partial charge in [0.05, 0.1) is 6.42 Å². The molecule has 0 amide bonds. The lowest BCUT2D eigenvalue weighted by atomic mass is 9.99. The second kappa shape index (κ2) is 6.84. The van der Waals surface area contributed by atoms with Gasteiger partial charge in [-0.3, -0.25) is 9.69 Å². The predicted octanol–water partition coefficient (Wildman–Crippen LogP) is 3.53. The van der Waals surface area contributed by atoms with Crippen molar-refractivity contribution < 1.29 is 14.3 Å². The molecular formula is C16H22FNO2. The third-order valence-electron chi connectivity index (χ3n) is 4.02. The van der Waals surface area contributed by atoms with E-state index in [0.29, 0.717) is 5.56 Å². The maximum absolute atomic E-state index is 13.4. The van der Waals surface area contributed by atoms with Crippen LogP contribution in [-0.4, -0.2) is 29.1 Å². The van der Waals surface area contributed by atoms with Crippen LogP contribution in [0, 0.1) is 12.7 Å². The molecule has 1 aliphatic heterocycles. The Labute approximate surface area is 119 Å². The number of halogens is 1. The number of carboxylic acid groups (broad SMARTS) is 1. The molecule has 1 atom stereocenters. The third kappa shape index (κ3) is 3.79. The number of benzene rings is 1. The van der Waals surface area contributed by atoms with Gasteiger partial charge in [-0.2, -0.15) is 0 Å². The number of carboxylic acids is 1. The lowest BCUT2D eigenvalue weighted by Crippen LogP contribution is -2.31. The van der Waals surface area contributed by atoms with Crippen LogP contribution in [0.4, 0.5) is 4.39 Å². The first-order valence-electron chi connectivity index (χ1n) is 7.30. The number of aliphatic carboxylic acids is 1. The van der Waals surface area contributed by atoms with Gasteiger partial charge in [0.1, 0.15) is 5.82 Å². The molecule has 110 valence electrons. The van der Waals surface area contributed by atoms with Crippen molar-refractivity contribution in [1.82, 2.24) is 4.90 Å². The van der Waals surface area contributed by atoms with E-state index >= 15 is 0 Å². The van der Waals surface area contributed by atoms with Crippen LogP contribution in [0.5, 0.6) is 0 Å². The van der Waals surface area contributed by atoms with Gasteiger partial charge >= 0.3 is 5.97 Å². The molecular weight excluding hydrogens is 257 g/mol. The number of nitrogens with zero attached hydrogens (tertiary/aromatic N) is 1. The van der Waals surface area contributed by atoms with Crippen LogP contribution in [0.2, 0.25) is 0 Å². The first kappa shape index (κ1) is 15.0. The van der Waals surface area contributed by atoms with Gasteiger partial charge in [0, 0.05) is 6.04 Å². The fourth-order valence-corrected chi connectivity index (χ4v) is 2.91. The summed E-state index contributed by atoms with van der Waals surface area (Å²) in [7, 11) is 0. The van der Waals surface area contributed by atoms with Gasteiger partial charge in [0.25, 0.3) is 0 Å². The van der Waals surface area contributed by atoms with Crippen molar-refractivity contribution in [2.45, 2.75) is 45.1 Å². The van der Waals surface area contributed by atoms with Crippen molar-refractivity contribution in [3.05, 3.63) is 35.1 Å². The number of rotatable bonds is 4. The van der Waals surface area contributed by atoms with E-state index in [4.69, 9.17) is 5.11 Å². The van der Waals surface area contributed by atoms with Gasteiger partial charge in [-0.05, 0) is 50.0 Å². The Morgan fingerprint density at radius 3 is 2.50 bits per heavy atom. The Morgan fingerprint density at radius 1 is 1.30 bits per heavy atom. The largest absolute Gasteiger partial charge is 0.481 e. The van der Waals surface area contributed by atoms with E-state index < -0.39 is 5.97 Å². The summed E-state index contributed by atoms with van der Waals surface area (Å²) in [5, 5.41) is 9.17. The zero-order chi connectivity index (χ0) is 14.5. The zero-order valence-corrected chi connectivity index (χ0v) is 11.9. The fourth-order valence-electron chi connectivity index (χ4n) is 2.91. The molecule has 1 saturated heterocycles. The number of hydrogen-bond donors (Lipinski definition) is 1. The van der Waals surface area contributed by atoms with Crippen LogP contribution < -0.4 is 0 Å². The van der Waals surface area contributed by atoms with Crippen LogP contribution in [0.3, 0.4) is 0 Å². The van der Waals surface area contributed by atoms with Gasteiger partial charge in [-0.25, -0.2) is 4.39 Å². The molecule has 1 heterocycles. The first-order chi connectivity index (χ1) is 9.58. The second-order valence-corrected chi connectivity index (χ2v) is 5.57. The average Bonchev–Trinajstić information content (AvgIpc) is 2.68. The number of carbonyl (C=O) groups is 1. The van der Waals surface area contributed by atoms with Crippen LogP contribution in [0.1, 0.15) is 49.3 Å². The number of aryl methyl sites for hydroxylation is 1. The summed E-state index contributed by atoms with van der Waals surface area (Å²) < 4.78 is 13.4. The van der Waals surface area contributed by atoms with Gasteiger partial charge in [-0.1, -0.05) is 25.0 Å². The lowest BCUT2D eigenvalue weighted by Gasteiger charge is -2.30. The minimum absolute atomic E-state index is 0.0745. The maximum Gasteiger partial charge on any atom is 0.305 e. The summed E-state index contributed by atoms with van der Waals surface area (Å²) >= 11 is 0. The van der Waals surface area contributed by atoms with Crippen molar-refractivity contribution in [2.24, 2.45) is 0 Å². The molecule has 20 heavy (non-hydrogen) atoms. The Kier molecular flexibility index (Phi) is 5.12. The zero-order valence-electron chi connectivity index (χ0n) is 11.9. The van der Waals surface area contributed by atoms with Gasteiger partial charge in [0.15, 0.2) is 0 Å². The first-order valence-corrected chi connectivity index (χ1v) is 7.30. The molecule has 4 heteroatoms. The second-order valence-electron chi connectivity index (χ2n) is 5.57. The molecule has 0 bridgehead atoms. The van der Waals surface area contributed by atoms with Crippen LogP contribution in [-0.2, 0) is 4.79 Å². The minimum Gasteiger partial charge on any atom is -0.481 e. The highest BCUT2D eigenvalue weighted by atomic mass is 19.1. The molecule has 2 rings (SSSR count). The van der Waals surface area contributed by atoms with E-state index in [9.17, 15) is 9.18 Å². The summed E-state index contributed by atoms with van der Waals surface area (Å²) in [5.74, 6) is -1.04. The SMILES string of the molecule is Cc1cc(C(CC(=O)O)N2CCCCCC2)ccc1F. The summed E-state index contributed by atoms with van der Waals surface area (Å²) in [4.78, 5) is 13.4. The Bertz CT molecular complexity index is 468. The van der Waals surface area contributed by atoms with Gasteiger partial charge in [0.2, 0.25) is 0 Å². The molecule has 3 nitrogen and oxygen atoms in total. The summed E-state index contributed by atoms with van der Waals surface area (Å²) in [5.41, 5.74) is 1.49. The molecule has 1 aromatic carbocycles. The smallest absolute Gasteiger partial charge is 0.305 e. The number of hydrogen-bond acceptors (Lipinski definition) is 2. The van der Waals surface area contributed by atoms with E-state index in [0.717, 1.165) is 31.5 Å². The monoisotopic (exact) mass is 279 g/mol. The van der Waals surface area contributed by atoms with Crippen LogP contribution in [0.15, 0.2) is 18.2 Å². The van der Waals surface area contributed by atoms with Crippen molar-refractivity contribution >= 4 is 5.97 Å². The minimum atomic E-state index is -0.804. The van der Waals surface area contributed by atoms with Gasteiger partial charge < -0.3 is 5.11 Å². The van der Waals surface area contributed by atoms with Crippen molar-refractivity contribution in [1.29, 1.82) is 0 Å². The van der Waals surface area contributed by atoms with E-state index in [2.05, 4.69) is 4.90 Å².